The number of aryl methyl sites for hydroxylation is 1. The van der Waals surface area contributed by atoms with E-state index in [4.69, 9.17) is 0 Å². The largest absolute Gasteiger partial charge is 0.342 e. The zero-order chi connectivity index (χ0) is 17.6. The monoisotopic (exact) mass is 345 g/mol. The topological polar surface area (TPSA) is 54.5 Å². The Balaban J connectivity index is 2.06. The normalized spacial score (nSPS) is 11.2. The molecule has 0 atom stereocenters. The van der Waals surface area contributed by atoms with E-state index in [0.717, 1.165) is 12.8 Å². The molecule has 2 aromatic carbocycles. The van der Waals surface area contributed by atoms with E-state index in [9.17, 15) is 13.2 Å². The molecule has 5 heteroatoms. The maximum Gasteiger partial charge on any atom is 0.254 e. The van der Waals surface area contributed by atoms with Gasteiger partial charge in [0.15, 0.2) is 9.84 Å². The molecular formula is C19H23NO3S. The molecule has 0 aliphatic heterocycles. The van der Waals surface area contributed by atoms with Crippen LogP contribution in [0.3, 0.4) is 0 Å². The second kappa shape index (κ2) is 8.11. The summed E-state index contributed by atoms with van der Waals surface area (Å²) in [7, 11) is -1.71. The van der Waals surface area contributed by atoms with E-state index in [-0.39, 0.29) is 22.1 Å². The summed E-state index contributed by atoms with van der Waals surface area (Å²) in [6, 6.07) is 16.5. The number of sulfone groups is 1. The smallest absolute Gasteiger partial charge is 0.254 e. The molecule has 128 valence electrons. The number of hydrogen-bond acceptors (Lipinski definition) is 3. The molecule has 0 N–H and O–H groups in total. The fraction of sp³-hybridized carbons (Fsp3) is 0.316. The van der Waals surface area contributed by atoms with Crippen LogP contribution < -0.4 is 0 Å². The van der Waals surface area contributed by atoms with Crippen molar-refractivity contribution in [3.05, 3.63) is 65.7 Å². The van der Waals surface area contributed by atoms with Gasteiger partial charge in [0.25, 0.3) is 5.91 Å². The summed E-state index contributed by atoms with van der Waals surface area (Å²) in [5, 5.41) is 0. The Hall–Kier alpha value is -2.14. The lowest BCUT2D eigenvalue weighted by atomic mass is 10.1. The zero-order valence-corrected chi connectivity index (χ0v) is 14.9. The molecule has 0 heterocycles. The van der Waals surface area contributed by atoms with E-state index in [1.807, 2.05) is 18.2 Å². The van der Waals surface area contributed by atoms with E-state index in [0.29, 0.717) is 6.54 Å². The van der Waals surface area contributed by atoms with Crippen molar-refractivity contribution < 1.29 is 13.2 Å². The van der Waals surface area contributed by atoms with Crippen LogP contribution in [0.1, 0.15) is 29.3 Å². The SMILES string of the molecule is CCS(=O)(=O)c1ccccc1C(=O)N(C)CCCc1ccccc1. The molecule has 0 aromatic heterocycles. The summed E-state index contributed by atoms with van der Waals surface area (Å²) < 4.78 is 24.4. The summed E-state index contributed by atoms with van der Waals surface area (Å²) in [4.78, 5) is 14.3. The van der Waals surface area contributed by atoms with Crippen LogP contribution in [-0.2, 0) is 16.3 Å². The van der Waals surface area contributed by atoms with Crippen LogP contribution in [-0.4, -0.2) is 38.6 Å². The van der Waals surface area contributed by atoms with Crippen LogP contribution in [0.4, 0.5) is 0 Å². The van der Waals surface area contributed by atoms with Gasteiger partial charge in [0, 0.05) is 13.6 Å². The highest BCUT2D eigenvalue weighted by Gasteiger charge is 2.22. The summed E-state index contributed by atoms with van der Waals surface area (Å²) >= 11 is 0. The Labute approximate surface area is 144 Å². The lowest BCUT2D eigenvalue weighted by Gasteiger charge is -2.19. The number of nitrogens with zero attached hydrogens (tertiary/aromatic N) is 1. The molecule has 0 radical (unpaired) electrons. The molecule has 0 aliphatic rings. The fourth-order valence-electron chi connectivity index (χ4n) is 2.54. The summed E-state index contributed by atoms with van der Waals surface area (Å²) in [6.07, 6.45) is 1.71. The first-order valence-electron chi connectivity index (χ1n) is 8.07. The van der Waals surface area contributed by atoms with Gasteiger partial charge < -0.3 is 4.90 Å². The molecule has 0 bridgehead atoms. The number of benzene rings is 2. The van der Waals surface area contributed by atoms with Crippen LogP contribution in [0.15, 0.2) is 59.5 Å². The molecule has 1 amide bonds. The van der Waals surface area contributed by atoms with E-state index in [2.05, 4.69) is 12.1 Å². The van der Waals surface area contributed by atoms with Gasteiger partial charge in [0.2, 0.25) is 0 Å². The molecule has 0 saturated heterocycles. The van der Waals surface area contributed by atoms with Gasteiger partial charge in [-0.1, -0.05) is 49.4 Å². The molecule has 0 unspecified atom stereocenters. The molecule has 0 fully saturated rings. The quantitative estimate of drug-likeness (QED) is 0.774. The minimum absolute atomic E-state index is 0.0188. The van der Waals surface area contributed by atoms with Crippen LogP contribution >= 0.6 is 0 Å². The number of rotatable bonds is 7. The van der Waals surface area contributed by atoms with Gasteiger partial charge in [-0.2, -0.15) is 0 Å². The van der Waals surface area contributed by atoms with Crippen molar-refractivity contribution >= 4 is 15.7 Å². The average Bonchev–Trinajstić information content (AvgIpc) is 2.62. The number of amides is 1. The Morgan fingerprint density at radius 1 is 1.00 bits per heavy atom. The van der Waals surface area contributed by atoms with E-state index >= 15 is 0 Å². The second-order valence-electron chi connectivity index (χ2n) is 5.72. The van der Waals surface area contributed by atoms with Crippen LogP contribution in [0.5, 0.6) is 0 Å². The number of carbonyl (C=O) groups excluding carboxylic acids is 1. The summed E-state index contributed by atoms with van der Waals surface area (Å²) in [6.45, 7) is 2.16. The minimum Gasteiger partial charge on any atom is -0.342 e. The van der Waals surface area contributed by atoms with Gasteiger partial charge in [-0.05, 0) is 30.5 Å². The standard InChI is InChI=1S/C19H23NO3S/c1-3-24(22,23)18-14-8-7-13-17(18)19(21)20(2)15-9-12-16-10-5-4-6-11-16/h4-8,10-11,13-14H,3,9,12,15H2,1-2H3. The predicted octanol–water partition coefficient (Wildman–Crippen LogP) is 3.19. The van der Waals surface area contributed by atoms with Crippen molar-refractivity contribution in [3.63, 3.8) is 0 Å². The molecule has 2 rings (SSSR count). The molecule has 0 saturated carbocycles. The van der Waals surface area contributed by atoms with Crippen LogP contribution in [0.25, 0.3) is 0 Å². The first kappa shape index (κ1) is 18.2. The highest BCUT2D eigenvalue weighted by Crippen LogP contribution is 2.18. The molecule has 4 nitrogen and oxygen atoms in total. The maximum atomic E-state index is 12.6. The van der Waals surface area contributed by atoms with Crippen molar-refractivity contribution in [1.29, 1.82) is 0 Å². The van der Waals surface area contributed by atoms with Crippen molar-refractivity contribution in [3.8, 4) is 0 Å². The average molecular weight is 345 g/mol. The van der Waals surface area contributed by atoms with E-state index < -0.39 is 9.84 Å². The lowest BCUT2D eigenvalue weighted by Crippen LogP contribution is -2.29. The second-order valence-corrected chi connectivity index (χ2v) is 7.96. The molecule has 2 aromatic rings. The third-order valence-corrected chi connectivity index (χ3v) is 5.77. The molecule has 0 aliphatic carbocycles. The first-order valence-corrected chi connectivity index (χ1v) is 9.72. The number of carbonyl (C=O) groups is 1. The lowest BCUT2D eigenvalue weighted by molar-refractivity contribution is 0.0790. The van der Waals surface area contributed by atoms with Gasteiger partial charge in [-0.3, -0.25) is 4.79 Å². The van der Waals surface area contributed by atoms with Gasteiger partial charge in [0.1, 0.15) is 0 Å². The highest BCUT2D eigenvalue weighted by molar-refractivity contribution is 7.91. The van der Waals surface area contributed by atoms with Crippen molar-refractivity contribution in [1.82, 2.24) is 4.90 Å². The van der Waals surface area contributed by atoms with Gasteiger partial charge in [-0.15, -0.1) is 0 Å². The Kier molecular flexibility index (Phi) is 6.15. The first-order chi connectivity index (χ1) is 11.5. The van der Waals surface area contributed by atoms with Crippen molar-refractivity contribution in [2.75, 3.05) is 19.3 Å². The predicted molar refractivity (Wildman–Crippen MR) is 95.9 cm³/mol. The maximum absolute atomic E-state index is 12.6. The minimum atomic E-state index is -3.42. The molecule has 0 spiro atoms. The van der Waals surface area contributed by atoms with Crippen molar-refractivity contribution in [2.45, 2.75) is 24.7 Å². The zero-order valence-electron chi connectivity index (χ0n) is 14.1. The third-order valence-electron chi connectivity index (χ3n) is 3.98. The Bertz CT molecular complexity index is 785. The Morgan fingerprint density at radius 3 is 2.29 bits per heavy atom. The summed E-state index contributed by atoms with van der Waals surface area (Å²) in [5.41, 5.74) is 1.48. The number of hydrogen-bond donors (Lipinski definition) is 0. The molecule has 24 heavy (non-hydrogen) atoms. The van der Waals surface area contributed by atoms with Crippen molar-refractivity contribution in [2.24, 2.45) is 0 Å². The molecular weight excluding hydrogens is 322 g/mol. The van der Waals surface area contributed by atoms with Crippen LogP contribution in [0.2, 0.25) is 0 Å². The van der Waals surface area contributed by atoms with E-state index in [1.54, 1.807) is 37.1 Å². The van der Waals surface area contributed by atoms with Gasteiger partial charge >= 0.3 is 0 Å². The van der Waals surface area contributed by atoms with Gasteiger partial charge in [-0.25, -0.2) is 8.42 Å². The summed E-state index contributed by atoms with van der Waals surface area (Å²) in [5.74, 6) is -0.273. The Morgan fingerprint density at radius 2 is 1.62 bits per heavy atom. The van der Waals surface area contributed by atoms with Gasteiger partial charge in [0.05, 0.1) is 16.2 Å². The third kappa shape index (κ3) is 4.45. The fourth-order valence-corrected chi connectivity index (χ4v) is 3.63. The van der Waals surface area contributed by atoms with E-state index in [1.165, 1.54) is 11.6 Å². The highest BCUT2D eigenvalue weighted by atomic mass is 32.2. The van der Waals surface area contributed by atoms with Crippen LogP contribution in [0, 0.1) is 0 Å².